The normalized spacial score (nSPS) is 23.0. The molecule has 1 saturated heterocycles. The van der Waals surface area contributed by atoms with Crippen LogP contribution in [0.5, 0.6) is 0 Å². The Morgan fingerprint density at radius 2 is 1.70 bits per heavy atom. The zero-order valence-electron chi connectivity index (χ0n) is 6.36. The van der Waals surface area contributed by atoms with Crippen LogP contribution in [0.15, 0.2) is 0 Å². The number of hydrogen-bond donors (Lipinski definition) is 1. The highest BCUT2D eigenvalue weighted by molar-refractivity contribution is 8.13. The number of thioether (sulfide) groups is 1. The zero-order valence-corrected chi connectivity index (χ0v) is 7.17. The van der Waals surface area contributed by atoms with Crippen LogP contribution in [-0.2, 0) is 0 Å². The Morgan fingerprint density at radius 3 is 2.60 bits per heavy atom. The molecule has 1 heterocycles. The molecule has 1 aliphatic rings. The molecular weight excluding hydrogens is 142 g/mol. The minimum Gasteiger partial charge on any atom is -0.298 e. The molecular formula is C8H15NS. The molecule has 1 aliphatic heterocycles. The second-order valence-electron chi connectivity index (χ2n) is 2.79. The molecule has 0 aliphatic carbocycles. The maximum atomic E-state index is 7.49. The van der Waals surface area contributed by atoms with Crippen molar-refractivity contribution in [2.24, 2.45) is 0 Å². The van der Waals surface area contributed by atoms with Gasteiger partial charge in [0.25, 0.3) is 0 Å². The number of rotatable bonds is 0. The molecule has 0 spiro atoms. The average molecular weight is 157 g/mol. The van der Waals surface area contributed by atoms with Crippen molar-refractivity contribution in [2.45, 2.75) is 38.5 Å². The van der Waals surface area contributed by atoms with Gasteiger partial charge in [-0.1, -0.05) is 19.3 Å². The fourth-order valence-corrected chi connectivity index (χ4v) is 2.07. The predicted molar refractivity (Wildman–Crippen MR) is 47.9 cm³/mol. The lowest BCUT2D eigenvalue weighted by molar-refractivity contribution is 0.650. The Kier molecular flexibility index (Phi) is 3.88. The first-order chi connectivity index (χ1) is 4.89. The summed E-state index contributed by atoms with van der Waals surface area (Å²) in [4.78, 5) is 0. The summed E-state index contributed by atoms with van der Waals surface area (Å²) < 4.78 is 0. The Balaban J connectivity index is 2.21. The molecule has 0 amide bonds. The smallest absolute Gasteiger partial charge is 0.0641 e. The van der Waals surface area contributed by atoms with Gasteiger partial charge in [0, 0.05) is 0 Å². The molecule has 0 saturated carbocycles. The quantitative estimate of drug-likeness (QED) is 0.574. The molecule has 0 atom stereocenters. The van der Waals surface area contributed by atoms with E-state index in [0.717, 1.165) is 11.5 Å². The van der Waals surface area contributed by atoms with E-state index in [1.54, 1.807) is 11.8 Å². The van der Waals surface area contributed by atoms with E-state index >= 15 is 0 Å². The van der Waals surface area contributed by atoms with Gasteiger partial charge < -0.3 is 0 Å². The summed E-state index contributed by atoms with van der Waals surface area (Å²) in [6.45, 7) is 0. The summed E-state index contributed by atoms with van der Waals surface area (Å²) in [5.41, 5.74) is 0. The van der Waals surface area contributed by atoms with Gasteiger partial charge in [0.05, 0.1) is 5.04 Å². The van der Waals surface area contributed by atoms with Crippen molar-refractivity contribution < 1.29 is 0 Å². The molecule has 1 rings (SSSR count). The molecule has 0 aromatic heterocycles. The van der Waals surface area contributed by atoms with Gasteiger partial charge in [0.1, 0.15) is 0 Å². The Bertz CT molecular complexity index is 99.8. The first-order valence-electron chi connectivity index (χ1n) is 4.10. The average Bonchev–Trinajstić information content (AvgIpc) is 2.02. The van der Waals surface area contributed by atoms with E-state index in [9.17, 15) is 0 Å². The highest BCUT2D eigenvalue weighted by atomic mass is 32.2. The van der Waals surface area contributed by atoms with Crippen LogP contribution in [0.25, 0.3) is 0 Å². The Hall–Kier alpha value is 0.0200. The molecule has 2 heteroatoms. The summed E-state index contributed by atoms with van der Waals surface area (Å²) in [5, 5.41) is 8.39. The van der Waals surface area contributed by atoms with Gasteiger partial charge in [-0.15, -0.1) is 11.8 Å². The molecule has 0 aromatic rings. The minimum atomic E-state index is 0.905. The molecule has 58 valence electrons. The lowest BCUT2D eigenvalue weighted by Gasteiger charge is -1.97. The summed E-state index contributed by atoms with van der Waals surface area (Å²) in [7, 11) is 0. The molecule has 0 aromatic carbocycles. The van der Waals surface area contributed by atoms with Crippen LogP contribution < -0.4 is 0 Å². The molecule has 1 N–H and O–H groups in total. The lowest BCUT2D eigenvalue weighted by Crippen LogP contribution is -1.89. The standard InChI is InChI=1S/C8H15NS/c9-8-6-4-2-1-3-5-7-10-8/h9H,1-7H2. The van der Waals surface area contributed by atoms with Gasteiger partial charge in [0.15, 0.2) is 0 Å². The molecule has 0 radical (unpaired) electrons. The van der Waals surface area contributed by atoms with Crippen LogP contribution in [0.2, 0.25) is 0 Å². The van der Waals surface area contributed by atoms with Crippen molar-refractivity contribution in [1.82, 2.24) is 0 Å². The van der Waals surface area contributed by atoms with Crippen LogP contribution >= 0.6 is 11.8 Å². The van der Waals surface area contributed by atoms with E-state index in [2.05, 4.69) is 0 Å². The van der Waals surface area contributed by atoms with Gasteiger partial charge in [-0.3, -0.25) is 5.41 Å². The van der Waals surface area contributed by atoms with E-state index in [1.807, 2.05) is 0 Å². The van der Waals surface area contributed by atoms with Crippen LogP contribution in [-0.4, -0.2) is 10.8 Å². The maximum absolute atomic E-state index is 7.49. The third-order valence-corrected chi connectivity index (χ3v) is 2.87. The monoisotopic (exact) mass is 157 g/mol. The van der Waals surface area contributed by atoms with E-state index in [4.69, 9.17) is 5.41 Å². The van der Waals surface area contributed by atoms with Crippen LogP contribution in [0.1, 0.15) is 38.5 Å². The Morgan fingerprint density at radius 1 is 1.00 bits per heavy atom. The third kappa shape index (κ3) is 3.25. The van der Waals surface area contributed by atoms with Gasteiger partial charge in [-0.2, -0.15) is 0 Å². The second kappa shape index (κ2) is 4.78. The minimum absolute atomic E-state index is 0.905. The van der Waals surface area contributed by atoms with E-state index < -0.39 is 0 Å². The Labute approximate surface area is 67.1 Å². The predicted octanol–water partition coefficient (Wildman–Crippen LogP) is 3.05. The van der Waals surface area contributed by atoms with Crippen molar-refractivity contribution in [3.63, 3.8) is 0 Å². The molecule has 0 unspecified atom stereocenters. The molecule has 1 fully saturated rings. The number of nitrogens with one attached hydrogen (secondary N) is 1. The highest BCUT2D eigenvalue weighted by Gasteiger charge is 2.01. The fraction of sp³-hybridized carbons (Fsp3) is 0.875. The van der Waals surface area contributed by atoms with Crippen LogP contribution in [0, 0.1) is 5.41 Å². The summed E-state index contributed by atoms with van der Waals surface area (Å²) >= 11 is 1.75. The highest BCUT2D eigenvalue weighted by Crippen LogP contribution is 2.17. The van der Waals surface area contributed by atoms with Crippen molar-refractivity contribution in [3.8, 4) is 0 Å². The van der Waals surface area contributed by atoms with Crippen molar-refractivity contribution in [1.29, 1.82) is 5.41 Å². The first kappa shape index (κ1) is 8.12. The summed E-state index contributed by atoms with van der Waals surface area (Å²) in [6.07, 6.45) is 7.68. The summed E-state index contributed by atoms with van der Waals surface area (Å²) in [6, 6.07) is 0. The van der Waals surface area contributed by atoms with E-state index in [-0.39, 0.29) is 0 Å². The molecule has 1 nitrogen and oxygen atoms in total. The van der Waals surface area contributed by atoms with E-state index in [0.29, 0.717) is 0 Å². The fourth-order valence-electron chi connectivity index (χ4n) is 1.19. The van der Waals surface area contributed by atoms with Crippen molar-refractivity contribution >= 4 is 16.8 Å². The topological polar surface area (TPSA) is 23.9 Å². The summed E-state index contributed by atoms with van der Waals surface area (Å²) in [5.74, 6) is 1.18. The molecule has 0 bridgehead atoms. The molecule has 10 heavy (non-hydrogen) atoms. The van der Waals surface area contributed by atoms with Gasteiger partial charge in [-0.25, -0.2) is 0 Å². The van der Waals surface area contributed by atoms with E-state index in [1.165, 1.54) is 37.9 Å². The lowest BCUT2D eigenvalue weighted by atomic mass is 10.1. The first-order valence-corrected chi connectivity index (χ1v) is 5.08. The van der Waals surface area contributed by atoms with Crippen molar-refractivity contribution in [3.05, 3.63) is 0 Å². The van der Waals surface area contributed by atoms with Gasteiger partial charge >= 0.3 is 0 Å². The van der Waals surface area contributed by atoms with Gasteiger partial charge in [0.2, 0.25) is 0 Å². The maximum Gasteiger partial charge on any atom is 0.0641 e. The number of hydrogen-bond acceptors (Lipinski definition) is 2. The SMILES string of the molecule is N=C1CCCCCCCS1. The zero-order chi connectivity index (χ0) is 7.23. The van der Waals surface area contributed by atoms with Crippen LogP contribution in [0.4, 0.5) is 0 Å². The van der Waals surface area contributed by atoms with Crippen molar-refractivity contribution in [2.75, 3.05) is 5.75 Å². The largest absolute Gasteiger partial charge is 0.298 e. The van der Waals surface area contributed by atoms with Crippen LogP contribution in [0.3, 0.4) is 0 Å². The van der Waals surface area contributed by atoms with Gasteiger partial charge in [-0.05, 0) is 25.0 Å². The second-order valence-corrected chi connectivity index (χ2v) is 3.98. The third-order valence-electron chi connectivity index (χ3n) is 1.82.